The summed E-state index contributed by atoms with van der Waals surface area (Å²) in [5, 5.41) is 54.6. The van der Waals surface area contributed by atoms with Crippen molar-refractivity contribution in [1.29, 1.82) is 0 Å². The van der Waals surface area contributed by atoms with Crippen LogP contribution in [0.4, 0.5) is 0 Å². The normalized spacial score (nSPS) is 17.9. The molecular formula is C78H147NO10. The van der Waals surface area contributed by atoms with E-state index in [0.717, 1.165) is 57.8 Å². The molecule has 1 fully saturated rings. The zero-order chi connectivity index (χ0) is 64.4. The molecular weight excluding hydrogens is 1110 g/mol. The summed E-state index contributed by atoms with van der Waals surface area (Å²) in [6.07, 6.45) is 77.3. The molecule has 0 aliphatic carbocycles. The summed E-state index contributed by atoms with van der Waals surface area (Å²) in [5.41, 5.74) is 0. The van der Waals surface area contributed by atoms with Crippen LogP contribution in [0.5, 0.6) is 0 Å². The predicted octanol–water partition coefficient (Wildman–Crippen LogP) is 20.5. The second-order valence-electron chi connectivity index (χ2n) is 27.1. The van der Waals surface area contributed by atoms with Crippen molar-refractivity contribution in [1.82, 2.24) is 5.32 Å². The first-order valence-corrected chi connectivity index (χ1v) is 38.8. The van der Waals surface area contributed by atoms with Gasteiger partial charge in [0.15, 0.2) is 6.29 Å². The number of aliphatic hydroxyl groups is 5. The maximum Gasteiger partial charge on any atom is 0.305 e. The van der Waals surface area contributed by atoms with E-state index in [4.69, 9.17) is 14.2 Å². The number of carbonyl (C=O) groups excluding carboxylic acids is 2. The van der Waals surface area contributed by atoms with Crippen molar-refractivity contribution in [3.8, 4) is 0 Å². The number of unbranched alkanes of at least 4 members (excludes halogenated alkanes) is 51. The Morgan fingerprint density at radius 3 is 1.13 bits per heavy atom. The van der Waals surface area contributed by atoms with E-state index in [0.29, 0.717) is 19.4 Å². The lowest BCUT2D eigenvalue weighted by molar-refractivity contribution is -0.302. The van der Waals surface area contributed by atoms with Gasteiger partial charge in [-0.2, -0.15) is 0 Å². The van der Waals surface area contributed by atoms with Crippen LogP contribution in [-0.2, 0) is 23.8 Å². The summed E-state index contributed by atoms with van der Waals surface area (Å²) in [6, 6.07) is -0.808. The Hall–Kier alpha value is -2.12. The highest BCUT2D eigenvalue weighted by Gasteiger charge is 2.44. The SMILES string of the molecule is CCCCCCCCCCCCC/C=C/C(O)C(COC1OC(CO)C(O)C(O)C1O)NC(=O)CCCCCCCCCCCCCCCCCCC/C=C\C/C=C\CCCCCCCCCCCCCCCOC(=O)CCCCCCCCCCCCC. The minimum Gasteiger partial charge on any atom is -0.466 e. The number of carbonyl (C=O) groups is 2. The second-order valence-corrected chi connectivity index (χ2v) is 27.1. The number of ether oxygens (including phenoxy) is 3. The van der Waals surface area contributed by atoms with Crippen molar-refractivity contribution in [3.05, 3.63) is 36.5 Å². The Bertz CT molecular complexity index is 1570. The van der Waals surface area contributed by atoms with Gasteiger partial charge in [-0.3, -0.25) is 9.59 Å². The first-order valence-electron chi connectivity index (χ1n) is 38.8. The first kappa shape index (κ1) is 84.9. The molecule has 1 rings (SSSR count). The number of rotatable bonds is 69. The topological polar surface area (TPSA) is 175 Å². The monoisotopic (exact) mass is 1260 g/mol. The van der Waals surface area contributed by atoms with Crippen molar-refractivity contribution in [2.45, 2.75) is 429 Å². The van der Waals surface area contributed by atoms with Crippen LogP contribution < -0.4 is 5.32 Å². The standard InChI is InChI=1S/C78H147NO10/c1-3-5-7-9-11-13-15-41-45-48-52-56-60-64-71(81)70(69-88-78-77(86)76(85)75(84)72(68-80)89-78)79-73(82)65-61-57-53-49-46-42-39-37-35-33-31-29-27-25-23-21-19-17-16-18-20-22-24-26-28-30-32-34-36-38-40-43-47-51-55-59-63-67-87-74(83)66-62-58-54-50-44-14-12-10-8-6-4-2/h16,18,22,24,60,64,70-72,75-78,80-81,84-86H,3-15,17,19-21,23,25-59,61-63,65-69H2,1-2H3,(H,79,82)/b18-16-,24-22-,64-60+. The van der Waals surface area contributed by atoms with Gasteiger partial charge >= 0.3 is 5.97 Å². The quantitative estimate of drug-likeness (QED) is 0.0195. The van der Waals surface area contributed by atoms with Crippen LogP contribution in [0.2, 0.25) is 0 Å². The average molecular weight is 1260 g/mol. The average Bonchev–Trinajstić information content (AvgIpc) is 2.53. The zero-order valence-electron chi connectivity index (χ0n) is 58.4. The molecule has 0 bridgehead atoms. The molecule has 11 heteroatoms. The highest BCUT2D eigenvalue weighted by Crippen LogP contribution is 2.24. The third-order valence-electron chi connectivity index (χ3n) is 18.5. The number of nitrogens with one attached hydrogen (secondary N) is 1. The fourth-order valence-electron chi connectivity index (χ4n) is 12.4. The third kappa shape index (κ3) is 56.0. The van der Waals surface area contributed by atoms with Crippen LogP contribution in [0.15, 0.2) is 36.5 Å². The lowest BCUT2D eigenvalue weighted by Crippen LogP contribution is -2.60. The van der Waals surface area contributed by atoms with E-state index in [9.17, 15) is 35.1 Å². The molecule has 89 heavy (non-hydrogen) atoms. The van der Waals surface area contributed by atoms with E-state index < -0.39 is 49.5 Å². The summed E-state index contributed by atoms with van der Waals surface area (Å²) in [4.78, 5) is 25.1. The molecule has 1 aliphatic heterocycles. The van der Waals surface area contributed by atoms with E-state index in [1.165, 1.54) is 302 Å². The lowest BCUT2D eigenvalue weighted by atomic mass is 9.99. The Kier molecular flexibility index (Phi) is 64.2. The molecule has 524 valence electrons. The lowest BCUT2D eigenvalue weighted by Gasteiger charge is -2.40. The number of hydrogen-bond donors (Lipinski definition) is 6. The maximum absolute atomic E-state index is 13.1. The molecule has 7 unspecified atom stereocenters. The van der Waals surface area contributed by atoms with E-state index in [1.807, 2.05) is 6.08 Å². The minimum atomic E-state index is -1.57. The van der Waals surface area contributed by atoms with Crippen LogP contribution in [0.25, 0.3) is 0 Å². The molecule has 1 saturated heterocycles. The van der Waals surface area contributed by atoms with Gasteiger partial charge in [0.25, 0.3) is 0 Å². The summed E-state index contributed by atoms with van der Waals surface area (Å²) in [7, 11) is 0. The van der Waals surface area contributed by atoms with Crippen LogP contribution in [-0.4, -0.2) is 100 Å². The van der Waals surface area contributed by atoms with E-state index in [2.05, 4.69) is 43.5 Å². The van der Waals surface area contributed by atoms with Crippen molar-refractivity contribution in [3.63, 3.8) is 0 Å². The molecule has 0 aromatic heterocycles. The van der Waals surface area contributed by atoms with Gasteiger partial charge in [-0.25, -0.2) is 0 Å². The number of allylic oxidation sites excluding steroid dienone is 5. The predicted molar refractivity (Wildman–Crippen MR) is 375 cm³/mol. The molecule has 1 heterocycles. The second kappa shape index (κ2) is 67.3. The molecule has 0 aromatic carbocycles. The fourth-order valence-corrected chi connectivity index (χ4v) is 12.4. The highest BCUT2D eigenvalue weighted by atomic mass is 16.7. The molecule has 1 amide bonds. The van der Waals surface area contributed by atoms with Gasteiger partial charge in [0.2, 0.25) is 5.91 Å². The van der Waals surface area contributed by atoms with Gasteiger partial charge in [-0.05, 0) is 64.2 Å². The molecule has 11 nitrogen and oxygen atoms in total. The smallest absolute Gasteiger partial charge is 0.305 e. The van der Waals surface area contributed by atoms with Crippen molar-refractivity contribution in [2.75, 3.05) is 19.8 Å². The van der Waals surface area contributed by atoms with Crippen molar-refractivity contribution >= 4 is 11.9 Å². The summed E-state index contributed by atoms with van der Waals surface area (Å²) >= 11 is 0. The van der Waals surface area contributed by atoms with Crippen molar-refractivity contribution in [2.24, 2.45) is 0 Å². The van der Waals surface area contributed by atoms with Crippen LogP contribution in [0, 0.1) is 0 Å². The fraction of sp³-hybridized carbons (Fsp3) is 0.897. The van der Waals surface area contributed by atoms with E-state index >= 15 is 0 Å². The largest absolute Gasteiger partial charge is 0.466 e. The third-order valence-corrected chi connectivity index (χ3v) is 18.5. The summed E-state index contributed by atoms with van der Waals surface area (Å²) in [6.45, 7) is 4.39. The van der Waals surface area contributed by atoms with Crippen LogP contribution >= 0.6 is 0 Å². The summed E-state index contributed by atoms with van der Waals surface area (Å²) < 4.78 is 16.8. The zero-order valence-corrected chi connectivity index (χ0v) is 58.4. The maximum atomic E-state index is 13.1. The van der Waals surface area contributed by atoms with Gasteiger partial charge in [-0.1, -0.05) is 346 Å². The molecule has 7 atom stereocenters. The van der Waals surface area contributed by atoms with Gasteiger partial charge in [0.1, 0.15) is 24.4 Å². The van der Waals surface area contributed by atoms with Gasteiger partial charge in [0.05, 0.1) is 32.0 Å². The molecule has 0 aromatic rings. The number of hydrogen-bond acceptors (Lipinski definition) is 10. The Morgan fingerprint density at radius 2 is 0.753 bits per heavy atom. The molecule has 1 aliphatic rings. The molecule has 0 saturated carbocycles. The molecule has 0 radical (unpaired) electrons. The first-order chi connectivity index (χ1) is 43.7. The molecule has 6 N–H and O–H groups in total. The highest BCUT2D eigenvalue weighted by molar-refractivity contribution is 5.76. The minimum absolute atomic E-state index is 0.0127. The van der Waals surface area contributed by atoms with Gasteiger partial charge in [-0.15, -0.1) is 0 Å². The van der Waals surface area contributed by atoms with Crippen molar-refractivity contribution < 1.29 is 49.3 Å². The number of esters is 1. The number of amides is 1. The molecule has 0 spiro atoms. The Balaban J connectivity index is 1.93. The van der Waals surface area contributed by atoms with Gasteiger partial charge in [0, 0.05) is 12.8 Å². The Labute approximate surface area is 549 Å². The van der Waals surface area contributed by atoms with E-state index in [-0.39, 0.29) is 18.5 Å². The van der Waals surface area contributed by atoms with Crippen LogP contribution in [0.3, 0.4) is 0 Å². The number of aliphatic hydroxyl groups excluding tert-OH is 5. The van der Waals surface area contributed by atoms with E-state index in [1.54, 1.807) is 6.08 Å². The Morgan fingerprint density at radius 1 is 0.416 bits per heavy atom. The van der Waals surface area contributed by atoms with Gasteiger partial charge < -0.3 is 45.1 Å². The van der Waals surface area contributed by atoms with Crippen LogP contribution in [0.1, 0.15) is 386 Å². The summed E-state index contributed by atoms with van der Waals surface area (Å²) in [5.74, 6) is -0.164.